The standard InChI is InChI=1S/C12H22N2O2/c1-14(10-5-3-2-4-6-10)11(15)12(7-13)8-16-9-12/h10H,2-9,13H2,1H3. The third-order valence-electron chi connectivity index (χ3n) is 4.04. The van der Waals surface area contributed by atoms with Gasteiger partial charge in [0.2, 0.25) is 5.91 Å². The van der Waals surface area contributed by atoms with Crippen LogP contribution in [0.15, 0.2) is 0 Å². The predicted molar refractivity (Wildman–Crippen MR) is 61.9 cm³/mol. The van der Waals surface area contributed by atoms with E-state index in [0.29, 0.717) is 25.8 Å². The molecule has 0 aromatic heterocycles. The van der Waals surface area contributed by atoms with E-state index in [1.807, 2.05) is 11.9 Å². The Balaban J connectivity index is 1.97. The summed E-state index contributed by atoms with van der Waals surface area (Å²) in [5, 5.41) is 0. The van der Waals surface area contributed by atoms with Gasteiger partial charge in [-0.3, -0.25) is 4.79 Å². The maximum absolute atomic E-state index is 12.3. The molecule has 1 amide bonds. The highest BCUT2D eigenvalue weighted by molar-refractivity contribution is 5.84. The van der Waals surface area contributed by atoms with Crippen molar-refractivity contribution in [3.05, 3.63) is 0 Å². The number of ether oxygens (including phenoxy) is 1. The summed E-state index contributed by atoms with van der Waals surface area (Å²) in [5.74, 6) is 0.188. The number of nitrogens with two attached hydrogens (primary N) is 1. The highest BCUT2D eigenvalue weighted by Crippen LogP contribution is 2.31. The first-order valence-corrected chi connectivity index (χ1v) is 6.25. The first kappa shape index (κ1) is 11.9. The third kappa shape index (κ3) is 1.96. The molecule has 4 heteroatoms. The number of carbonyl (C=O) groups excluding carboxylic acids is 1. The second-order valence-electron chi connectivity index (χ2n) is 5.19. The molecule has 1 aliphatic heterocycles. The third-order valence-corrected chi connectivity index (χ3v) is 4.04. The zero-order valence-corrected chi connectivity index (χ0v) is 10.1. The fourth-order valence-electron chi connectivity index (χ4n) is 2.69. The van der Waals surface area contributed by atoms with Crippen LogP contribution in [0.4, 0.5) is 0 Å². The Hall–Kier alpha value is -0.610. The van der Waals surface area contributed by atoms with Gasteiger partial charge in [-0.25, -0.2) is 0 Å². The minimum Gasteiger partial charge on any atom is -0.379 e. The molecule has 2 rings (SSSR count). The second-order valence-corrected chi connectivity index (χ2v) is 5.19. The zero-order chi connectivity index (χ0) is 11.6. The highest BCUT2D eigenvalue weighted by atomic mass is 16.5. The van der Waals surface area contributed by atoms with Gasteiger partial charge in [0.05, 0.1) is 13.2 Å². The van der Waals surface area contributed by atoms with E-state index in [1.165, 1.54) is 19.3 Å². The first-order valence-electron chi connectivity index (χ1n) is 6.25. The molecule has 2 aliphatic rings. The monoisotopic (exact) mass is 226 g/mol. The molecule has 0 aromatic carbocycles. The summed E-state index contributed by atoms with van der Waals surface area (Å²) in [6, 6.07) is 0.422. The molecule has 2 fully saturated rings. The maximum atomic E-state index is 12.3. The lowest BCUT2D eigenvalue weighted by atomic mass is 9.83. The number of nitrogens with zero attached hydrogens (tertiary/aromatic N) is 1. The molecule has 0 spiro atoms. The minimum absolute atomic E-state index is 0.188. The van der Waals surface area contributed by atoms with Crippen LogP contribution in [0, 0.1) is 5.41 Å². The van der Waals surface area contributed by atoms with Crippen molar-refractivity contribution in [3.8, 4) is 0 Å². The van der Waals surface area contributed by atoms with E-state index in [0.717, 1.165) is 12.8 Å². The lowest BCUT2D eigenvalue weighted by molar-refractivity contribution is -0.171. The quantitative estimate of drug-likeness (QED) is 0.772. The van der Waals surface area contributed by atoms with Crippen molar-refractivity contribution in [2.24, 2.45) is 11.1 Å². The van der Waals surface area contributed by atoms with E-state index in [1.54, 1.807) is 0 Å². The minimum atomic E-state index is -0.411. The van der Waals surface area contributed by atoms with Crippen LogP contribution in [0.2, 0.25) is 0 Å². The Morgan fingerprint density at radius 3 is 2.44 bits per heavy atom. The van der Waals surface area contributed by atoms with Gasteiger partial charge in [0, 0.05) is 19.6 Å². The van der Waals surface area contributed by atoms with Crippen LogP contribution in [0.5, 0.6) is 0 Å². The average Bonchev–Trinajstić information content (AvgIpc) is 2.28. The molecule has 0 bridgehead atoms. The Labute approximate surface area is 97.1 Å². The van der Waals surface area contributed by atoms with Crippen LogP contribution < -0.4 is 5.73 Å². The van der Waals surface area contributed by atoms with Crippen LogP contribution in [-0.2, 0) is 9.53 Å². The van der Waals surface area contributed by atoms with E-state index in [9.17, 15) is 4.79 Å². The summed E-state index contributed by atoms with van der Waals surface area (Å²) in [6.07, 6.45) is 6.08. The van der Waals surface area contributed by atoms with Crippen molar-refractivity contribution in [1.29, 1.82) is 0 Å². The normalized spacial score (nSPS) is 24.9. The molecule has 2 N–H and O–H groups in total. The topological polar surface area (TPSA) is 55.6 Å². The number of hydrogen-bond donors (Lipinski definition) is 1. The van der Waals surface area contributed by atoms with E-state index in [4.69, 9.17) is 10.5 Å². The van der Waals surface area contributed by atoms with Gasteiger partial charge >= 0.3 is 0 Å². The number of amides is 1. The SMILES string of the molecule is CN(C(=O)C1(CN)COC1)C1CCCCC1. The summed E-state index contributed by atoms with van der Waals surface area (Å²) in [7, 11) is 1.92. The van der Waals surface area contributed by atoms with E-state index >= 15 is 0 Å². The van der Waals surface area contributed by atoms with E-state index in [-0.39, 0.29) is 5.91 Å². The number of carbonyl (C=O) groups is 1. The summed E-state index contributed by atoms with van der Waals surface area (Å²) < 4.78 is 5.16. The Kier molecular flexibility index (Phi) is 3.50. The van der Waals surface area contributed by atoms with Gasteiger partial charge < -0.3 is 15.4 Å². The largest absolute Gasteiger partial charge is 0.379 e. The summed E-state index contributed by atoms with van der Waals surface area (Å²) in [4.78, 5) is 14.3. The first-order chi connectivity index (χ1) is 7.69. The second kappa shape index (κ2) is 4.72. The Morgan fingerprint density at radius 1 is 1.38 bits per heavy atom. The van der Waals surface area contributed by atoms with Gasteiger partial charge in [0.1, 0.15) is 5.41 Å². The summed E-state index contributed by atoms with van der Waals surface area (Å²) in [5.41, 5.74) is 5.30. The van der Waals surface area contributed by atoms with Gasteiger partial charge in [0.15, 0.2) is 0 Å². The molecule has 92 valence electrons. The van der Waals surface area contributed by atoms with Crippen molar-refractivity contribution >= 4 is 5.91 Å². The van der Waals surface area contributed by atoms with E-state index in [2.05, 4.69) is 0 Å². The molecule has 0 aromatic rings. The molecule has 1 heterocycles. The average molecular weight is 226 g/mol. The zero-order valence-electron chi connectivity index (χ0n) is 10.1. The van der Waals surface area contributed by atoms with Crippen molar-refractivity contribution in [2.75, 3.05) is 26.8 Å². The predicted octanol–water partition coefficient (Wildman–Crippen LogP) is 0.753. The van der Waals surface area contributed by atoms with Gasteiger partial charge in [-0.1, -0.05) is 19.3 Å². The van der Waals surface area contributed by atoms with Gasteiger partial charge in [-0.05, 0) is 12.8 Å². The van der Waals surface area contributed by atoms with Crippen LogP contribution in [0.3, 0.4) is 0 Å². The van der Waals surface area contributed by atoms with Crippen molar-refractivity contribution in [1.82, 2.24) is 4.90 Å². The van der Waals surface area contributed by atoms with Gasteiger partial charge in [-0.15, -0.1) is 0 Å². The lowest BCUT2D eigenvalue weighted by Crippen LogP contribution is -2.60. The Bertz CT molecular complexity index is 252. The summed E-state index contributed by atoms with van der Waals surface area (Å²) in [6.45, 7) is 1.40. The molecule has 16 heavy (non-hydrogen) atoms. The molecule has 0 radical (unpaired) electrons. The molecular formula is C12H22N2O2. The number of rotatable bonds is 3. The van der Waals surface area contributed by atoms with Gasteiger partial charge in [-0.2, -0.15) is 0 Å². The van der Waals surface area contributed by atoms with Crippen LogP contribution in [0.25, 0.3) is 0 Å². The fourth-order valence-corrected chi connectivity index (χ4v) is 2.69. The van der Waals surface area contributed by atoms with Crippen molar-refractivity contribution in [3.63, 3.8) is 0 Å². The highest BCUT2D eigenvalue weighted by Gasteiger charge is 2.47. The fraction of sp³-hybridized carbons (Fsp3) is 0.917. The van der Waals surface area contributed by atoms with Crippen molar-refractivity contribution < 1.29 is 9.53 Å². The smallest absolute Gasteiger partial charge is 0.234 e. The molecular weight excluding hydrogens is 204 g/mol. The van der Waals surface area contributed by atoms with Crippen LogP contribution in [-0.4, -0.2) is 43.7 Å². The molecule has 0 atom stereocenters. The molecule has 4 nitrogen and oxygen atoms in total. The van der Waals surface area contributed by atoms with Crippen molar-refractivity contribution in [2.45, 2.75) is 38.1 Å². The van der Waals surface area contributed by atoms with Crippen LogP contribution >= 0.6 is 0 Å². The lowest BCUT2D eigenvalue weighted by Gasteiger charge is -2.44. The Morgan fingerprint density at radius 2 is 2.00 bits per heavy atom. The molecule has 1 saturated heterocycles. The molecule has 0 unspecified atom stereocenters. The summed E-state index contributed by atoms with van der Waals surface area (Å²) >= 11 is 0. The number of hydrogen-bond acceptors (Lipinski definition) is 3. The molecule has 1 saturated carbocycles. The van der Waals surface area contributed by atoms with Crippen LogP contribution in [0.1, 0.15) is 32.1 Å². The van der Waals surface area contributed by atoms with E-state index < -0.39 is 5.41 Å². The van der Waals surface area contributed by atoms with Gasteiger partial charge in [0.25, 0.3) is 0 Å². The molecule has 1 aliphatic carbocycles. The maximum Gasteiger partial charge on any atom is 0.234 e.